The zero-order chi connectivity index (χ0) is 26.3. The van der Waals surface area contributed by atoms with Crippen molar-refractivity contribution in [2.75, 3.05) is 35.6 Å². The van der Waals surface area contributed by atoms with Crippen LogP contribution >= 0.6 is 11.6 Å². The second-order valence-corrected chi connectivity index (χ2v) is 9.50. The minimum atomic E-state index is -0.994. The van der Waals surface area contributed by atoms with Gasteiger partial charge in [0.05, 0.1) is 29.6 Å². The maximum Gasteiger partial charge on any atom is 0.338 e. The van der Waals surface area contributed by atoms with Gasteiger partial charge in [-0.25, -0.2) is 14.8 Å². The molecule has 0 aromatic heterocycles. The monoisotopic (exact) mass is 519 g/mol. The van der Waals surface area contributed by atoms with Gasteiger partial charge in [0, 0.05) is 24.8 Å². The molecular formula is C28H26ClN3O5. The molecule has 8 nitrogen and oxygen atoms in total. The predicted molar refractivity (Wildman–Crippen MR) is 141 cm³/mol. The summed E-state index contributed by atoms with van der Waals surface area (Å²) in [6, 6.07) is 20.6. The van der Waals surface area contributed by atoms with Crippen LogP contribution in [0.1, 0.15) is 28.9 Å². The summed E-state index contributed by atoms with van der Waals surface area (Å²) in [6.07, 6.45) is -0.994. The molecule has 0 N–H and O–H groups in total. The van der Waals surface area contributed by atoms with Crippen LogP contribution in [0.2, 0.25) is 5.02 Å². The van der Waals surface area contributed by atoms with Crippen molar-refractivity contribution in [3.63, 3.8) is 0 Å². The Morgan fingerprint density at radius 1 is 0.919 bits per heavy atom. The van der Waals surface area contributed by atoms with Gasteiger partial charge >= 0.3 is 5.97 Å². The first-order chi connectivity index (χ1) is 17.8. The average molecular weight is 520 g/mol. The molecule has 0 spiro atoms. The lowest BCUT2D eigenvalue weighted by atomic mass is 9.90. The zero-order valence-corrected chi connectivity index (χ0v) is 21.4. The summed E-state index contributed by atoms with van der Waals surface area (Å²) in [5.74, 6) is -2.05. The number of ether oxygens (including phenoxy) is 1. The Balaban J connectivity index is 1.50. The minimum absolute atomic E-state index is 0.255. The number of nitrogens with zero attached hydrogens (tertiary/aromatic N) is 3. The fraction of sp³-hybridized carbons (Fsp3) is 0.250. The van der Waals surface area contributed by atoms with Crippen molar-refractivity contribution in [2.45, 2.75) is 19.1 Å². The van der Waals surface area contributed by atoms with E-state index in [4.69, 9.17) is 21.2 Å². The van der Waals surface area contributed by atoms with Crippen LogP contribution in [0.3, 0.4) is 0 Å². The van der Waals surface area contributed by atoms with Gasteiger partial charge < -0.3 is 9.64 Å². The van der Waals surface area contributed by atoms with E-state index in [1.807, 2.05) is 43.3 Å². The molecule has 0 aliphatic carbocycles. The predicted octanol–water partition coefficient (Wildman–Crippen LogP) is 4.63. The van der Waals surface area contributed by atoms with Gasteiger partial charge in [-0.2, -0.15) is 0 Å². The molecular weight excluding hydrogens is 494 g/mol. The fourth-order valence-corrected chi connectivity index (χ4v) is 4.88. The van der Waals surface area contributed by atoms with E-state index in [2.05, 4.69) is 0 Å². The highest BCUT2D eigenvalue weighted by molar-refractivity contribution is 6.30. The zero-order valence-electron chi connectivity index (χ0n) is 20.6. The van der Waals surface area contributed by atoms with Crippen LogP contribution < -0.4 is 14.9 Å². The molecule has 2 amide bonds. The average Bonchev–Trinajstić information content (AvgIpc) is 3.40. The standard InChI is InChI=1S/C28H26ClN3O5/c1-4-36-28(35)18-7-13-21(14-8-18)31-26(33)23-24(17-5-11-20(12-6-17)30(2)3)32(37-25(23)27(31)34)22-15-9-19(29)10-16-22/h5-16,23-25H,4H2,1-3H3/t23-,24-,25+/m0/s1. The van der Waals surface area contributed by atoms with Crippen molar-refractivity contribution in [3.05, 3.63) is 88.9 Å². The molecule has 0 unspecified atom stereocenters. The van der Waals surface area contributed by atoms with Crippen LogP contribution in [0.5, 0.6) is 0 Å². The summed E-state index contributed by atoms with van der Waals surface area (Å²) in [5, 5.41) is 2.20. The van der Waals surface area contributed by atoms with Crippen molar-refractivity contribution in [1.82, 2.24) is 0 Å². The lowest BCUT2D eigenvalue weighted by Gasteiger charge is -2.29. The lowest BCUT2D eigenvalue weighted by molar-refractivity contribution is -0.126. The number of benzene rings is 3. The van der Waals surface area contributed by atoms with Gasteiger partial charge in [-0.05, 0) is 73.2 Å². The smallest absolute Gasteiger partial charge is 0.338 e. The third-order valence-electron chi connectivity index (χ3n) is 6.58. The first kappa shape index (κ1) is 24.8. The van der Waals surface area contributed by atoms with Crippen molar-refractivity contribution >= 4 is 46.4 Å². The number of hydrogen-bond acceptors (Lipinski definition) is 7. The number of carbonyl (C=O) groups is 3. The molecule has 190 valence electrons. The molecule has 5 rings (SSSR count). The molecule has 37 heavy (non-hydrogen) atoms. The van der Waals surface area contributed by atoms with Gasteiger partial charge in [-0.1, -0.05) is 23.7 Å². The molecule has 9 heteroatoms. The Bertz CT molecular complexity index is 1330. The summed E-state index contributed by atoms with van der Waals surface area (Å²) in [4.78, 5) is 48.6. The van der Waals surface area contributed by atoms with Crippen molar-refractivity contribution in [1.29, 1.82) is 0 Å². The number of amides is 2. The van der Waals surface area contributed by atoms with Gasteiger partial charge in [0.15, 0.2) is 6.10 Å². The second kappa shape index (κ2) is 9.88. The third-order valence-corrected chi connectivity index (χ3v) is 6.84. The number of hydroxylamine groups is 1. The van der Waals surface area contributed by atoms with E-state index < -0.39 is 29.9 Å². The van der Waals surface area contributed by atoms with Crippen molar-refractivity contribution in [2.24, 2.45) is 5.92 Å². The van der Waals surface area contributed by atoms with E-state index in [9.17, 15) is 14.4 Å². The van der Waals surface area contributed by atoms with Gasteiger partial charge in [0.1, 0.15) is 5.92 Å². The number of anilines is 3. The summed E-state index contributed by atoms with van der Waals surface area (Å²) >= 11 is 6.09. The molecule has 3 aromatic carbocycles. The molecule has 0 saturated carbocycles. The van der Waals surface area contributed by atoms with Crippen molar-refractivity contribution in [3.8, 4) is 0 Å². The van der Waals surface area contributed by atoms with Crippen LogP contribution in [0, 0.1) is 5.92 Å². The van der Waals surface area contributed by atoms with E-state index >= 15 is 0 Å². The minimum Gasteiger partial charge on any atom is -0.462 e. The van der Waals surface area contributed by atoms with E-state index in [1.54, 1.807) is 60.5 Å². The normalized spacial score (nSPS) is 20.8. The number of halogens is 1. The SMILES string of the molecule is CCOC(=O)c1ccc(N2C(=O)[C@@H]3[C@@H](ON(c4ccc(Cl)cc4)[C@H]3c3ccc(N(C)C)cc3)C2=O)cc1. The molecule has 2 saturated heterocycles. The van der Waals surface area contributed by atoms with E-state index in [0.29, 0.717) is 22.0 Å². The lowest BCUT2D eigenvalue weighted by Crippen LogP contribution is -2.37. The van der Waals surface area contributed by atoms with Crippen LogP contribution in [0.25, 0.3) is 0 Å². The summed E-state index contributed by atoms with van der Waals surface area (Å²) < 4.78 is 5.02. The molecule has 2 aliphatic rings. The third kappa shape index (κ3) is 4.43. The number of carbonyl (C=O) groups excluding carboxylic acids is 3. The molecule has 2 heterocycles. The number of esters is 1. The van der Waals surface area contributed by atoms with Crippen LogP contribution in [-0.4, -0.2) is 44.6 Å². The topological polar surface area (TPSA) is 79.4 Å². The number of hydrogen-bond donors (Lipinski definition) is 0. The van der Waals surface area contributed by atoms with E-state index in [-0.39, 0.29) is 12.5 Å². The maximum atomic E-state index is 13.8. The Hall–Kier alpha value is -3.88. The first-order valence-corrected chi connectivity index (χ1v) is 12.3. The molecule has 2 aliphatic heterocycles. The summed E-state index contributed by atoms with van der Waals surface area (Å²) in [5.41, 5.74) is 3.25. The molecule has 3 aromatic rings. The Morgan fingerprint density at radius 2 is 1.54 bits per heavy atom. The number of imide groups is 1. The van der Waals surface area contributed by atoms with Crippen LogP contribution in [0.4, 0.5) is 17.1 Å². The highest BCUT2D eigenvalue weighted by atomic mass is 35.5. The van der Waals surface area contributed by atoms with Gasteiger partial charge in [-0.15, -0.1) is 0 Å². The van der Waals surface area contributed by atoms with Gasteiger partial charge in [0.25, 0.3) is 5.91 Å². The van der Waals surface area contributed by atoms with Crippen LogP contribution in [0.15, 0.2) is 72.8 Å². The fourth-order valence-electron chi connectivity index (χ4n) is 4.75. The number of fused-ring (bicyclic) bond motifs is 1. The largest absolute Gasteiger partial charge is 0.462 e. The van der Waals surface area contributed by atoms with E-state index in [1.165, 1.54) is 0 Å². The quantitative estimate of drug-likeness (QED) is 0.347. The first-order valence-electron chi connectivity index (χ1n) is 11.9. The van der Waals surface area contributed by atoms with Gasteiger partial charge in [-0.3, -0.25) is 14.4 Å². The summed E-state index contributed by atoms with van der Waals surface area (Å²) in [7, 11) is 3.90. The van der Waals surface area contributed by atoms with Crippen molar-refractivity contribution < 1.29 is 24.0 Å². The Morgan fingerprint density at radius 3 is 2.14 bits per heavy atom. The van der Waals surface area contributed by atoms with E-state index in [0.717, 1.165) is 16.2 Å². The Kier molecular flexibility index (Phi) is 6.62. The molecule has 0 bridgehead atoms. The maximum absolute atomic E-state index is 13.8. The van der Waals surface area contributed by atoms with Gasteiger partial charge in [0.2, 0.25) is 5.91 Å². The molecule has 3 atom stereocenters. The highest BCUT2D eigenvalue weighted by Gasteiger charge is 2.60. The second-order valence-electron chi connectivity index (χ2n) is 9.06. The highest BCUT2D eigenvalue weighted by Crippen LogP contribution is 2.47. The number of rotatable bonds is 6. The summed E-state index contributed by atoms with van der Waals surface area (Å²) in [6.45, 7) is 1.98. The van der Waals surface area contributed by atoms with Crippen LogP contribution in [-0.2, 0) is 19.2 Å². The Labute approximate surface area is 219 Å². The molecule has 2 fully saturated rings. The molecule has 0 radical (unpaired) electrons.